The van der Waals surface area contributed by atoms with Crippen molar-refractivity contribution < 1.29 is 4.79 Å². The van der Waals surface area contributed by atoms with Gasteiger partial charge in [-0.15, -0.1) is 0 Å². The zero-order valence-corrected chi connectivity index (χ0v) is 18.8. The van der Waals surface area contributed by atoms with E-state index in [-0.39, 0.29) is 17.9 Å². The molecule has 5 heterocycles. The molecule has 10 heteroatoms. The van der Waals surface area contributed by atoms with Gasteiger partial charge in [0.05, 0.1) is 30.0 Å². The average molecular weight is 455 g/mol. The molecular formula is C22H27ClN8O. The number of aromatic nitrogens is 4. The summed E-state index contributed by atoms with van der Waals surface area (Å²) < 4.78 is 2.00. The molecule has 0 aliphatic carbocycles. The van der Waals surface area contributed by atoms with E-state index in [1.165, 1.54) is 0 Å². The number of anilines is 2. The predicted molar refractivity (Wildman–Crippen MR) is 124 cm³/mol. The predicted octanol–water partition coefficient (Wildman–Crippen LogP) is 1.89. The fourth-order valence-corrected chi connectivity index (χ4v) is 4.47. The third-order valence-corrected chi connectivity index (χ3v) is 6.40. The Labute approximate surface area is 191 Å². The first kappa shape index (κ1) is 21.0. The Kier molecular flexibility index (Phi) is 5.84. The summed E-state index contributed by atoms with van der Waals surface area (Å²) in [6, 6.07) is 5.72. The number of pyridine rings is 1. The minimum absolute atomic E-state index is 0.0311. The largest absolute Gasteiger partial charge is 0.353 e. The third-order valence-electron chi connectivity index (χ3n) is 6.14. The van der Waals surface area contributed by atoms with Crippen molar-refractivity contribution in [3.63, 3.8) is 0 Å². The Balaban J connectivity index is 1.22. The van der Waals surface area contributed by atoms with Gasteiger partial charge in [-0.1, -0.05) is 17.7 Å². The maximum absolute atomic E-state index is 12.8. The van der Waals surface area contributed by atoms with E-state index in [0.717, 1.165) is 43.9 Å². The van der Waals surface area contributed by atoms with Crippen LogP contribution in [0.1, 0.15) is 25.1 Å². The molecule has 1 amide bonds. The highest BCUT2D eigenvalue weighted by Gasteiger charge is 2.35. The second kappa shape index (κ2) is 8.91. The first-order valence-corrected chi connectivity index (χ1v) is 11.4. The number of amides is 1. The van der Waals surface area contributed by atoms with Gasteiger partial charge < -0.3 is 24.8 Å². The van der Waals surface area contributed by atoms with Crippen LogP contribution in [-0.4, -0.2) is 64.5 Å². The lowest BCUT2D eigenvalue weighted by Crippen LogP contribution is -2.54. The Morgan fingerprint density at radius 2 is 2.06 bits per heavy atom. The second-order valence-electron chi connectivity index (χ2n) is 8.38. The van der Waals surface area contributed by atoms with Crippen LogP contribution in [0.25, 0.3) is 5.65 Å². The van der Waals surface area contributed by atoms with Crippen molar-refractivity contribution in [2.45, 2.75) is 19.4 Å². The standard InChI is InChI=1S/C22H27ClN8O/c1-15(18-12-25-19-5-2-3-9-31(18)19)27-21(32)16-13-30(14-16)20-17(23)11-26-22(28-20)29-8-4-6-24-7-10-29/h2-3,5,9,11-12,15-16,24H,4,6-8,10,13-14H2,1H3,(H,27,32). The fourth-order valence-electron chi connectivity index (χ4n) is 4.26. The molecule has 0 radical (unpaired) electrons. The number of rotatable bonds is 5. The first-order valence-electron chi connectivity index (χ1n) is 11.1. The maximum atomic E-state index is 12.8. The van der Waals surface area contributed by atoms with Crippen molar-refractivity contribution in [2.75, 3.05) is 49.1 Å². The molecule has 168 valence electrons. The lowest BCUT2D eigenvalue weighted by Gasteiger charge is -2.40. The van der Waals surface area contributed by atoms with Crippen LogP contribution in [0.15, 0.2) is 36.8 Å². The molecule has 2 fully saturated rings. The van der Waals surface area contributed by atoms with E-state index >= 15 is 0 Å². The molecule has 0 bridgehead atoms. The van der Waals surface area contributed by atoms with Gasteiger partial charge in [-0.05, 0) is 32.0 Å². The summed E-state index contributed by atoms with van der Waals surface area (Å²) >= 11 is 6.40. The smallest absolute Gasteiger partial charge is 0.227 e. The number of nitrogens with one attached hydrogen (secondary N) is 2. The van der Waals surface area contributed by atoms with Crippen LogP contribution in [0.4, 0.5) is 11.8 Å². The van der Waals surface area contributed by atoms with Crippen molar-refractivity contribution in [1.29, 1.82) is 0 Å². The molecule has 9 nitrogen and oxygen atoms in total. The number of carbonyl (C=O) groups is 1. The summed E-state index contributed by atoms with van der Waals surface area (Å²) in [7, 11) is 0. The molecule has 0 aromatic carbocycles. The summed E-state index contributed by atoms with van der Waals surface area (Å²) in [5.74, 6) is 1.33. The highest BCUT2D eigenvalue weighted by Crippen LogP contribution is 2.31. The number of fused-ring (bicyclic) bond motifs is 1. The zero-order chi connectivity index (χ0) is 22.1. The van der Waals surface area contributed by atoms with Crippen LogP contribution in [0.2, 0.25) is 5.02 Å². The van der Waals surface area contributed by atoms with Gasteiger partial charge in [0, 0.05) is 38.9 Å². The monoisotopic (exact) mass is 454 g/mol. The molecule has 3 aromatic rings. The van der Waals surface area contributed by atoms with E-state index in [1.54, 1.807) is 6.20 Å². The van der Waals surface area contributed by atoms with Crippen LogP contribution in [0.3, 0.4) is 0 Å². The summed E-state index contributed by atoms with van der Waals surface area (Å²) in [5, 5.41) is 7.03. The molecule has 2 aliphatic rings. The maximum Gasteiger partial charge on any atom is 0.227 e. The molecule has 2 aliphatic heterocycles. The average Bonchev–Trinajstić information content (AvgIpc) is 3.00. The van der Waals surface area contributed by atoms with E-state index < -0.39 is 0 Å². The lowest BCUT2D eigenvalue weighted by molar-refractivity contribution is -0.126. The summed E-state index contributed by atoms with van der Waals surface area (Å²) in [4.78, 5) is 30.6. The van der Waals surface area contributed by atoms with Gasteiger partial charge in [0.1, 0.15) is 10.7 Å². The topological polar surface area (TPSA) is 90.7 Å². The van der Waals surface area contributed by atoms with Crippen molar-refractivity contribution in [1.82, 2.24) is 30.0 Å². The van der Waals surface area contributed by atoms with Gasteiger partial charge in [-0.2, -0.15) is 4.98 Å². The molecule has 0 saturated carbocycles. The third kappa shape index (κ3) is 4.10. The van der Waals surface area contributed by atoms with E-state index in [4.69, 9.17) is 16.6 Å². The Hall–Kier alpha value is -2.91. The number of imidazole rings is 1. The number of carbonyl (C=O) groups excluding carboxylic acids is 1. The number of hydrogen-bond acceptors (Lipinski definition) is 7. The van der Waals surface area contributed by atoms with Crippen molar-refractivity contribution in [2.24, 2.45) is 5.92 Å². The van der Waals surface area contributed by atoms with Gasteiger partial charge in [-0.3, -0.25) is 4.79 Å². The Bertz CT molecular complexity index is 1100. The van der Waals surface area contributed by atoms with Gasteiger partial charge in [-0.25, -0.2) is 9.97 Å². The number of hydrogen-bond donors (Lipinski definition) is 2. The highest BCUT2D eigenvalue weighted by atomic mass is 35.5. The van der Waals surface area contributed by atoms with Crippen LogP contribution in [0.5, 0.6) is 0 Å². The van der Waals surface area contributed by atoms with Crippen LogP contribution in [-0.2, 0) is 4.79 Å². The summed E-state index contributed by atoms with van der Waals surface area (Å²) in [6.45, 7) is 6.86. The van der Waals surface area contributed by atoms with Crippen molar-refractivity contribution in [3.05, 3.63) is 47.5 Å². The fraction of sp³-hybridized carbons (Fsp3) is 0.455. The minimum atomic E-state index is -0.139. The van der Waals surface area contributed by atoms with E-state index in [9.17, 15) is 4.79 Å². The molecule has 3 aromatic heterocycles. The van der Waals surface area contributed by atoms with Crippen molar-refractivity contribution in [3.8, 4) is 0 Å². The number of halogens is 1. The molecule has 32 heavy (non-hydrogen) atoms. The zero-order valence-electron chi connectivity index (χ0n) is 18.0. The van der Waals surface area contributed by atoms with Gasteiger partial charge in [0.2, 0.25) is 11.9 Å². The first-order chi connectivity index (χ1) is 15.6. The van der Waals surface area contributed by atoms with Crippen molar-refractivity contribution >= 4 is 34.9 Å². The van der Waals surface area contributed by atoms with Gasteiger partial charge in [0.15, 0.2) is 5.82 Å². The Morgan fingerprint density at radius 3 is 2.94 bits per heavy atom. The van der Waals surface area contributed by atoms with Crippen LogP contribution < -0.4 is 20.4 Å². The Morgan fingerprint density at radius 1 is 1.19 bits per heavy atom. The molecule has 2 N–H and O–H groups in total. The van der Waals surface area contributed by atoms with E-state index in [1.807, 2.05) is 46.8 Å². The van der Waals surface area contributed by atoms with Crippen LogP contribution >= 0.6 is 11.6 Å². The second-order valence-corrected chi connectivity index (χ2v) is 8.78. The summed E-state index contributed by atoms with van der Waals surface area (Å²) in [5.41, 5.74) is 1.83. The molecule has 0 spiro atoms. The SMILES string of the molecule is CC(NC(=O)C1CN(c2nc(N3CCCNCC3)ncc2Cl)C1)c1cnc2ccccn12. The molecule has 5 rings (SSSR count). The normalized spacial score (nSPS) is 18.3. The summed E-state index contributed by atoms with van der Waals surface area (Å²) in [6.07, 6.45) is 6.49. The molecule has 1 unspecified atom stereocenters. The van der Waals surface area contributed by atoms with Crippen LogP contribution in [0, 0.1) is 5.92 Å². The minimum Gasteiger partial charge on any atom is -0.353 e. The van der Waals surface area contributed by atoms with Gasteiger partial charge >= 0.3 is 0 Å². The molecule has 2 saturated heterocycles. The van der Waals surface area contributed by atoms with E-state index in [2.05, 4.69) is 25.5 Å². The number of nitrogens with zero attached hydrogens (tertiary/aromatic N) is 6. The van der Waals surface area contributed by atoms with E-state index in [0.29, 0.717) is 29.9 Å². The molecule has 1 atom stereocenters. The highest BCUT2D eigenvalue weighted by molar-refractivity contribution is 6.32. The lowest BCUT2D eigenvalue weighted by atomic mass is 9.98. The quantitative estimate of drug-likeness (QED) is 0.608. The molecular weight excluding hydrogens is 428 g/mol. The van der Waals surface area contributed by atoms with Gasteiger partial charge in [0.25, 0.3) is 0 Å².